The first-order valence-electron chi connectivity index (χ1n) is 6.23. The van der Waals surface area contributed by atoms with Crippen LogP contribution in [0.1, 0.15) is 25.7 Å². The zero-order valence-corrected chi connectivity index (χ0v) is 10.1. The van der Waals surface area contributed by atoms with Crippen molar-refractivity contribution in [2.75, 3.05) is 26.2 Å². The molecule has 5 heteroatoms. The van der Waals surface area contributed by atoms with Crippen molar-refractivity contribution in [1.29, 1.82) is 0 Å². The molecule has 95 valence electrons. The van der Waals surface area contributed by atoms with Gasteiger partial charge in [0.2, 0.25) is 5.91 Å². The minimum atomic E-state index is -0.229. The van der Waals surface area contributed by atoms with E-state index >= 15 is 0 Å². The highest BCUT2D eigenvalue weighted by molar-refractivity contribution is 5.80. The van der Waals surface area contributed by atoms with Crippen LogP contribution in [0.15, 0.2) is 0 Å². The summed E-state index contributed by atoms with van der Waals surface area (Å²) in [6.07, 6.45) is 4.17. The molecular formula is C12H19N2O3. The number of nitrogens with zero attached hydrogens (tertiary/aromatic N) is 2. The summed E-state index contributed by atoms with van der Waals surface area (Å²) in [4.78, 5) is 26.2. The quantitative estimate of drug-likeness (QED) is 0.687. The number of hydrogen-bond donors (Lipinski definition) is 0. The lowest BCUT2D eigenvalue weighted by Gasteiger charge is -2.34. The first-order valence-corrected chi connectivity index (χ1v) is 6.23. The Morgan fingerprint density at radius 1 is 1.00 bits per heavy atom. The van der Waals surface area contributed by atoms with Gasteiger partial charge in [-0.15, -0.1) is 0 Å². The van der Waals surface area contributed by atoms with Crippen LogP contribution in [0, 0.1) is 6.92 Å². The average Bonchev–Trinajstić information content (AvgIpc) is 2.82. The maximum absolute atomic E-state index is 11.8. The summed E-state index contributed by atoms with van der Waals surface area (Å²) < 4.78 is 5.41. The van der Waals surface area contributed by atoms with Crippen molar-refractivity contribution < 1.29 is 14.3 Å². The van der Waals surface area contributed by atoms with Crippen LogP contribution in [-0.4, -0.2) is 54.1 Å². The van der Waals surface area contributed by atoms with Gasteiger partial charge in [-0.05, 0) is 25.7 Å². The van der Waals surface area contributed by atoms with Crippen molar-refractivity contribution in [2.45, 2.75) is 31.8 Å². The Bertz CT molecular complexity index is 292. The number of ether oxygens (including phenoxy) is 1. The van der Waals surface area contributed by atoms with Gasteiger partial charge in [-0.1, -0.05) is 0 Å². The predicted molar refractivity (Wildman–Crippen MR) is 62.2 cm³/mol. The maximum Gasteiger partial charge on any atom is 0.410 e. The lowest BCUT2D eigenvalue weighted by Crippen LogP contribution is -2.50. The van der Waals surface area contributed by atoms with Crippen molar-refractivity contribution in [3.63, 3.8) is 0 Å². The van der Waals surface area contributed by atoms with E-state index in [-0.39, 0.29) is 18.1 Å². The lowest BCUT2D eigenvalue weighted by molar-refractivity contribution is -0.127. The zero-order valence-electron chi connectivity index (χ0n) is 10.1. The first-order chi connectivity index (χ1) is 8.16. The van der Waals surface area contributed by atoms with Crippen LogP contribution in [0.4, 0.5) is 4.79 Å². The Kier molecular flexibility index (Phi) is 3.86. The van der Waals surface area contributed by atoms with Crippen LogP contribution in [0.25, 0.3) is 0 Å². The summed E-state index contributed by atoms with van der Waals surface area (Å²) in [5.74, 6) is -0.172. The summed E-state index contributed by atoms with van der Waals surface area (Å²) in [5.41, 5.74) is 0. The SMILES string of the molecule is [CH2]C(=O)N1CCN(C(=O)OC2CCCC2)CC1. The van der Waals surface area contributed by atoms with Gasteiger partial charge in [0.1, 0.15) is 6.10 Å². The van der Waals surface area contributed by atoms with Crippen molar-refractivity contribution in [3.05, 3.63) is 6.92 Å². The largest absolute Gasteiger partial charge is 0.446 e. The second kappa shape index (κ2) is 5.38. The van der Waals surface area contributed by atoms with Gasteiger partial charge in [-0.25, -0.2) is 4.79 Å². The number of carbonyl (C=O) groups excluding carboxylic acids is 2. The van der Waals surface area contributed by atoms with Gasteiger partial charge in [0.05, 0.1) is 0 Å². The Balaban J connectivity index is 1.75. The molecule has 17 heavy (non-hydrogen) atoms. The Hall–Kier alpha value is -1.26. The summed E-state index contributed by atoms with van der Waals surface area (Å²) >= 11 is 0. The van der Waals surface area contributed by atoms with Crippen molar-refractivity contribution >= 4 is 12.0 Å². The molecule has 1 radical (unpaired) electrons. The van der Waals surface area contributed by atoms with Crippen LogP contribution in [0.3, 0.4) is 0 Å². The summed E-state index contributed by atoms with van der Waals surface area (Å²) in [5, 5.41) is 0. The molecule has 0 aromatic carbocycles. The minimum absolute atomic E-state index is 0.106. The molecule has 1 saturated heterocycles. The molecule has 0 aromatic rings. The normalized spacial score (nSPS) is 21.7. The topological polar surface area (TPSA) is 49.9 Å². The second-order valence-electron chi connectivity index (χ2n) is 4.66. The molecule has 0 spiro atoms. The second-order valence-corrected chi connectivity index (χ2v) is 4.66. The summed E-state index contributed by atoms with van der Waals surface area (Å²) in [6.45, 7) is 5.58. The number of rotatable bonds is 1. The fraction of sp³-hybridized carbons (Fsp3) is 0.750. The van der Waals surface area contributed by atoms with E-state index in [4.69, 9.17) is 4.74 Å². The van der Waals surface area contributed by atoms with Gasteiger partial charge in [-0.3, -0.25) is 4.79 Å². The van der Waals surface area contributed by atoms with Crippen LogP contribution in [0.5, 0.6) is 0 Å². The molecule has 2 fully saturated rings. The minimum Gasteiger partial charge on any atom is -0.446 e. The average molecular weight is 239 g/mol. The van der Waals surface area contributed by atoms with E-state index in [1.54, 1.807) is 9.80 Å². The molecule has 1 saturated carbocycles. The highest BCUT2D eigenvalue weighted by atomic mass is 16.6. The molecular weight excluding hydrogens is 220 g/mol. The smallest absolute Gasteiger partial charge is 0.410 e. The number of carbonyl (C=O) groups is 2. The van der Waals surface area contributed by atoms with E-state index in [2.05, 4.69) is 6.92 Å². The van der Waals surface area contributed by atoms with E-state index in [0.29, 0.717) is 26.2 Å². The molecule has 1 aliphatic heterocycles. The highest BCUT2D eigenvalue weighted by Gasteiger charge is 2.26. The van der Waals surface area contributed by atoms with Gasteiger partial charge >= 0.3 is 6.09 Å². The highest BCUT2D eigenvalue weighted by Crippen LogP contribution is 2.21. The van der Waals surface area contributed by atoms with Gasteiger partial charge in [0, 0.05) is 33.1 Å². The van der Waals surface area contributed by atoms with Gasteiger partial charge in [0.25, 0.3) is 0 Å². The monoisotopic (exact) mass is 239 g/mol. The molecule has 1 aliphatic carbocycles. The van der Waals surface area contributed by atoms with Crippen LogP contribution < -0.4 is 0 Å². The molecule has 5 nitrogen and oxygen atoms in total. The molecule has 2 rings (SSSR count). The van der Waals surface area contributed by atoms with Crippen LogP contribution >= 0.6 is 0 Å². The van der Waals surface area contributed by atoms with E-state index in [9.17, 15) is 9.59 Å². The van der Waals surface area contributed by atoms with Gasteiger partial charge in [-0.2, -0.15) is 0 Å². The van der Waals surface area contributed by atoms with Gasteiger partial charge in [0.15, 0.2) is 0 Å². The van der Waals surface area contributed by atoms with Gasteiger partial charge < -0.3 is 14.5 Å². The van der Waals surface area contributed by atoms with Crippen molar-refractivity contribution in [3.8, 4) is 0 Å². The number of amides is 2. The molecule has 2 aliphatic rings. The van der Waals surface area contributed by atoms with E-state index < -0.39 is 0 Å². The molecule has 0 bridgehead atoms. The zero-order chi connectivity index (χ0) is 12.3. The van der Waals surface area contributed by atoms with E-state index in [1.165, 1.54) is 0 Å². The van der Waals surface area contributed by atoms with Crippen LogP contribution in [0.2, 0.25) is 0 Å². The fourth-order valence-corrected chi connectivity index (χ4v) is 2.36. The molecule has 0 N–H and O–H groups in total. The Morgan fingerprint density at radius 2 is 1.53 bits per heavy atom. The fourth-order valence-electron chi connectivity index (χ4n) is 2.36. The summed E-state index contributed by atoms with van der Waals surface area (Å²) in [6, 6.07) is 0. The van der Waals surface area contributed by atoms with E-state index in [0.717, 1.165) is 25.7 Å². The molecule has 0 aromatic heterocycles. The van der Waals surface area contributed by atoms with E-state index in [1.807, 2.05) is 0 Å². The Labute approximate surface area is 102 Å². The maximum atomic E-state index is 11.8. The third-order valence-corrected chi connectivity index (χ3v) is 3.46. The first kappa shape index (κ1) is 12.2. The standard InChI is InChI=1S/C12H19N2O3/c1-10(15)13-6-8-14(9-7-13)12(16)17-11-4-2-3-5-11/h11H,1-9H2. The Morgan fingerprint density at radius 3 is 2.06 bits per heavy atom. The molecule has 2 amide bonds. The molecule has 0 unspecified atom stereocenters. The molecule has 1 heterocycles. The molecule has 0 atom stereocenters. The number of hydrogen-bond acceptors (Lipinski definition) is 3. The number of piperazine rings is 1. The third-order valence-electron chi connectivity index (χ3n) is 3.46. The van der Waals surface area contributed by atoms with Crippen molar-refractivity contribution in [1.82, 2.24) is 9.80 Å². The summed E-state index contributed by atoms with van der Waals surface area (Å²) in [7, 11) is 0. The predicted octanol–water partition coefficient (Wildman–Crippen LogP) is 1.04. The third kappa shape index (κ3) is 3.11. The van der Waals surface area contributed by atoms with Crippen LogP contribution in [-0.2, 0) is 9.53 Å². The lowest BCUT2D eigenvalue weighted by atomic mass is 10.3. The van der Waals surface area contributed by atoms with Crippen molar-refractivity contribution in [2.24, 2.45) is 0 Å².